The molecule has 0 aliphatic rings. The number of nitrogens with one attached hydrogen (secondary N) is 1. The summed E-state index contributed by atoms with van der Waals surface area (Å²) in [7, 11) is 0. The fourth-order valence-corrected chi connectivity index (χ4v) is 1.00. The normalized spacial score (nSPS) is 11.7. The number of alkyl halides is 3. The van der Waals surface area contributed by atoms with E-state index in [0.29, 0.717) is 6.21 Å². The molecule has 0 heterocycles. The largest absolute Gasteiger partial charge is 0.416 e. The highest BCUT2D eigenvalue weighted by Gasteiger charge is 2.30. The average Bonchev–Trinajstić information content (AvgIpc) is 2.17. The topological polar surface area (TPSA) is 61.7 Å². The number of halogens is 3. The van der Waals surface area contributed by atoms with Crippen molar-refractivity contribution in [1.82, 2.24) is 0 Å². The van der Waals surface area contributed by atoms with Crippen LogP contribution in [0.25, 0.3) is 0 Å². The molecule has 86 valence electrons. The van der Waals surface area contributed by atoms with Crippen LogP contribution in [0.15, 0.2) is 29.4 Å². The Bertz CT molecular complexity index is 415. The maximum atomic E-state index is 12.3. The Morgan fingerprint density at radius 1 is 1.44 bits per heavy atom. The van der Waals surface area contributed by atoms with E-state index in [1.54, 1.807) is 0 Å². The number of nitrogens with zero attached hydrogens (tertiary/aromatic N) is 1. The van der Waals surface area contributed by atoms with Crippen molar-refractivity contribution in [3.63, 3.8) is 0 Å². The van der Waals surface area contributed by atoms with Crippen molar-refractivity contribution in [1.29, 1.82) is 0 Å². The van der Waals surface area contributed by atoms with Gasteiger partial charge in [0.1, 0.15) is 6.21 Å². The molecule has 0 bridgehead atoms. The Kier molecular flexibility index (Phi) is 3.49. The number of rotatable bonds is 2. The minimum Gasteiger partial charge on any atom is -0.411 e. The molecule has 4 nitrogen and oxygen atoms in total. The molecule has 7 heteroatoms. The van der Waals surface area contributed by atoms with E-state index in [4.69, 9.17) is 5.21 Å². The quantitative estimate of drug-likeness (QED) is 0.466. The third kappa shape index (κ3) is 3.26. The Morgan fingerprint density at radius 3 is 2.69 bits per heavy atom. The number of hydrogen-bond acceptors (Lipinski definition) is 3. The van der Waals surface area contributed by atoms with Crippen LogP contribution in [-0.4, -0.2) is 17.3 Å². The van der Waals surface area contributed by atoms with Gasteiger partial charge >= 0.3 is 6.18 Å². The maximum Gasteiger partial charge on any atom is 0.416 e. The number of benzene rings is 1. The summed E-state index contributed by atoms with van der Waals surface area (Å²) in [6.07, 6.45) is -3.92. The van der Waals surface area contributed by atoms with E-state index < -0.39 is 17.6 Å². The molecule has 0 atom stereocenters. The molecule has 2 N–H and O–H groups in total. The Morgan fingerprint density at radius 2 is 2.12 bits per heavy atom. The lowest BCUT2D eigenvalue weighted by atomic mass is 10.2. The van der Waals surface area contributed by atoms with Crippen LogP contribution < -0.4 is 5.32 Å². The van der Waals surface area contributed by atoms with Crippen molar-refractivity contribution in [3.05, 3.63) is 29.8 Å². The van der Waals surface area contributed by atoms with Gasteiger partial charge in [-0.25, -0.2) is 0 Å². The molecule has 16 heavy (non-hydrogen) atoms. The third-order valence-corrected chi connectivity index (χ3v) is 1.63. The molecule has 0 spiro atoms. The van der Waals surface area contributed by atoms with Gasteiger partial charge in [-0.1, -0.05) is 11.2 Å². The van der Waals surface area contributed by atoms with Crippen LogP contribution in [0.1, 0.15) is 5.56 Å². The predicted octanol–water partition coefficient (Wildman–Crippen LogP) is 2.10. The van der Waals surface area contributed by atoms with Crippen LogP contribution in [0, 0.1) is 0 Å². The predicted molar refractivity (Wildman–Crippen MR) is 50.4 cm³/mol. The van der Waals surface area contributed by atoms with Crippen molar-refractivity contribution in [2.24, 2.45) is 5.16 Å². The molecule has 1 amide bonds. The van der Waals surface area contributed by atoms with Gasteiger partial charge in [-0.15, -0.1) is 0 Å². The molecule has 1 aromatic rings. The first-order valence-corrected chi connectivity index (χ1v) is 4.09. The summed E-state index contributed by atoms with van der Waals surface area (Å²) in [5, 5.41) is 12.6. The van der Waals surface area contributed by atoms with E-state index in [1.165, 1.54) is 6.07 Å². The fourth-order valence-electron chi connectivity index (χ4n) is 1.00. The fraction of sp³-hybridized carbons (Fsp3) is 0.111. The highest BCUT2D eigenvalue weighted by molar-refractivity contribution is 6.31. The van der Waals surface area contributed by atoms with Gasteiger partial charge in [-0.05, 0) is 18.2 Å². The summed E-state index contributed by atoms with van der Waals surface area (Å²) in [4.78, 5) is 10.9. The third-order valence-electron chi connectivity index (χ3n) is 1.63. The van der Waals surface area contributed by atoms with Gasteiger partial charge in [0, 0.05) is 5.69 Å². The second kappa shape index (κ2) is 4.65. The summed E-state index contributed by atoms with van der Waals surface area (Å²) in [6.45, 7) is 0. The van der Waals surface area contributed by atoms with Crippen LogP contribution in [0.5, 0.6) is 0 Å². The summed E-state index contributed by atoms with van der Waals surface area (Å²) >= 11 is 0. The summed E-state index contributed by atoms with van der Waals surface area (Å²) in [6, 6.07) is 4.12. The molecule has 0 aromatic heterocycles. The Labute approximate surface area is 88.4 Å². The molecule has 1 rings (SSSR count). The van der Waals surface area contributed by atoms with E-state index in [1.807, 2.05) is 0 Å². The summed E-state index contributed by atoms with van der Waals surface area (Å²) < 4.78 is 36.8. The summed E-state index contributed by atoms with van der Waals surface area (Å²) in [5.41, 5.74) is -0.897. The minimum absolute atomic E-state index is 0.0280. The van der Waals surface area contributed by atoms with Crippen LogP contribution in [0.4, 0.5) is 18.9 Å². The Hall–Kier alpha value is -2.05. The van der Waals surface area contributed by atoms with Gasteiger partial charge in [0.25, 0.3) is 5.91 Å². The van der Waals surface area contributed by atoms with E-state index in [2.05, 4.69) is 10.5 Å². The number of oxime groups is 1. The molecular weight excluding hydrogens is 225 g/mol. The van der Waals surface area contributed by atoms with Crippen molar-refractivity contribution in [3.8, 4) is 0 Å². The molecule has 0 aliphatic carbocycles. The molecule has 0 saturated carbocycles. The zero-order valence-corrected chi connectivity index (χ0v) is 7.82. The SMILES string of the molecule is O=C(C=NO)Nc1cccc(C(F)(F)F)c1. The van der Waals surface area contributed by atoms with Crippen molar-refractivity contribution < 1.29 is 23.2 Å². The van der Waals surface area contributed by atoms with Gasteiger partial charge in [-0.3, -0.25) is 4.79 Å². The Balaban J connectivity index is 2.87. The summed E-state index contributed by atoms with van der Waals surface area (Å²) in [5.74, 6) is -0.818. The van der Waals surface area contributed by atoms with E-state index in [-0.39, 0.29) is 5.69 Å². The van der Waals surface area contributed by atoms with Crippen LogP contribution >= 0.6 is 0 Å². The van der Waals surface area contributed by atoms with Crippen LogP contribution in [-0.2, 0) is 11.0 Å². The first-order valence-electron chi connectivity index (χ1n) is 4.09. The smallest absolute Gasteiger partial charge is 0.411 e. The maximum absolute atomic E-state index is 12.3. The van der Waals surface area contributed by atoms with Gasteiger partial charge in [0.15, 0.2) is 0 Å². The molecule has 0 radical (unpaired) electrons. The number of carbonyl (C=O) groups excluding carboxylic acids is 1. The van der Waals surface area contributed by atoms with Gasteiger partial charge < -0.3 is 10.5 Å². The van der Waals surface area contributed by atoms with Gasteiger partial charge in [-0.2, -0.15) is 13.2 Å². The molecule has 0 fully saturated rings. The molecule has 0 unspecified atom stereocenters. The minimum atomic E-state index is -4.47. The van der Waals surface area contributed by atoms with E-state index in [9.17, 15) is 18.0 Å². The van der Waals surface area contributed by atoms with Crippen molar-refractivity contribution in [2.45, 2.75) is 6.18 Å². The number of hydrogen-bond donors (Lipinski definition) is 2. The van der Waals surface area contributed by atoms with Crippen LogP contribution in [0.3, 0.4) is 0 Å². The molecule has 1 aromatic carbocycles. The van der Waals surface area contributed by atoms with Gasteiger partial charge in [0.05, 0.1) is 5.56 Å². The standard InChI is InChI=1S/C9H7F3N2O2/c10-9(11,12)6-2-1-3-7(4-6)14-8(15)5-13-16/h1-5,16H,(H,14,15). The monoisotopic (exact) mass is 232 g/mol. The second-order valence-electron chi connectivity index (χ2n) is 2.81. The first kappa shape index (κ1) is 12.0. The molecule has 0 aliphatic heterocycles. The van der Waals surface area contributed by atoms with Gasteiger partial charge in [0.2, 0.25) is 0 Å². The lowest BCUT2D eigenvalue weighted by Crippen LogP contribution is -2.13. The molecular formula is C9H7F3N2O2. The highest BCUT2D eigenvalue weighted by atomic mass is 19.4. The van der Waals surface area contributed by atoms with E-state index >= 15 is 0 Å². The first-order chi connectivity index (χ1) is 7.43. The number of amides is 1. The van der Waals surface area contributed by atoms with Crippen molar-refractivity contribution in [2.75, 3.05) is 5.32 Å². The number of anilines is 1. The highest BCUT2D eigenvalue weighted by Crippen LogP contribution is 2.30. The lowest BCUT2D eigenvalue weighted by molar-refractivity contribution is -0.137. The van der Waals surface area contributed by atoms with Crippen LogP contribution in [0.2, 0.25) is 0 Å². The average molecular weight is 232 g/mol. The zero-order chi connectivity index (χ0) is 12.2. The van der Waals surface area contributed by atoms with E-state index in [0.717, 1.165) is 18.2 Å². The molecule has 0 saturated heterocycles. The number of carbonyl (C=O) groups is 1. The second-order valence-corrected chi connectivity index (χ2v) is 2.81. The van der Waals surface area contributed by atoms with Crippen molar-refractivity contribution >= 4 is 17.8 Å². The lowest BCUT2D eigenvalue weighted by Gasteiger charge is -2.08. The zero-order valence-electron chi connectivity index (χ0n) is 7.82.